The molecular formula is C32H37N7O9. The molecule has 0 unspecified atom stereocenters. The van der Waals surface area contributed by atoms with Crippen LogP contribution in [0.15, 0.2) is 48.5 Å². The van der Waals surface area contributed by atoms with Gasteiger partial charge in [0.2, 0.25) is 11.8 Å². The molecule has 2 fully saturated rings. The fourth-order valence-corrected chi connectivity index (χ4v) is 4.98. The fourth-order valence-electron chi connectivity index (χ4n) is 4.98. The number of anilines is 3. The van der Waals surface area contributed by atoms with Gasteiger partial charge in [-0.15, -0.1) is 0 Å². The first kappa shape index (κ1) is 33.7. The normalized spacial score (nSPS) is 15.9. The van der Waals surface area contributed by atoms with Crippen LogP contribution in [0.25, 0.3) is 0 Å². The maximum atomic E-state index is 14.0. The van der Waals surface area contributed by atoms with Crippen molar-refractivity contribution < 1.29 is 43.4 Å². The molecular weight excluding hydrogens is 626 g/mol. The number of hydrogen-bond acceptors (Lipinski definition) is 8. The second kappa shape index (κ2) is 15.3. The molecule has 48 heavy (non-hydrogen) atoms. The zero-order valence-corrected chi connectivity index (χ0v) is 26.0. The highest BCUT2D eigenvalue weighted by Gasteiger charge is 2.43. The van der Waals surface area contributed by atoms with Crippen molar-refractivity contribution in [1.82, 2.24) is 21.3 Å². The summed E-state index contributed by atoms with van der Waals surface area (Å²) in [6.07, 6.45) is 2.73. The second-order valence-corrected chi connectivity index (χ2v) is 11.8. The van der Waals surface area contributed by atoms with Crippen LogP contribution in [-0.2, 0) is 35.3 Å². The van der Waals surface area contributed by atoms with E-state index in [4.69, 9.17) is 9.84 Å². The van der Waals surface area contributed by atoms with Gasteiger partial charge in [0, 0.05) is 30.7 Å². The molecule has 16 nitrogen and oxygen atoms in total. The lowest BCUT2D eigenvalue weighted by Crippen LogP contribution is -2.58. The molecule has 0 aromatic heterocycles. The lowest BCUT2D eigenvalue weighted by atomic mass is 10.2. The number of nitrogens with zero attached hydrogens (tertiary/aromatic N) is 2. The van der Waals surface area contributed by atoms with Crippen LogP contribution in [0.3, 0.4) is 0 Å². The number of carboxylic acid groups (broad SMARTS) is 1. The molecule has 2 aromatic carbocycles. The molecule has 1 aliphatic heterocycles. The molecule has 2 saturated carbocycles. The molecule has 3 aliphatic rings. The van der Waals surface area contributed by atoms with E-state index in [0.717, 1.165) is 35.5 Å². The Kier molecular flexibility index (Phi) is 10.7. The molecule has 16 heteroatoms. The summed E-state index contributed by atoms with van der Waals surface area (Å²) in [5, 5.41) is 21.8. The summed E-state index contributed by atoms with van der Waals surface area (Å²) >= 11 is 0. The van der Waals surface area contributed by atoms with Gasteiger partial charge in [-0.1, -0.05) is 24.3 Å². The Morgan fingerprint density at radius 3 is 1.92 bits per heavy atom. The highest BCUT2D eigenvalue weighted by Crippen LogP contribution is 2.33. The van der Waals surface area contributed by atoms with Gasteiger partial charge < -0.3 is 36.4 Å². The topological polar surface area (TPSA) is 216 Å². The summed E-state index contributed by atoms with van der Waals surface area (Å²) in [6.45, 7) is -0.842. The van der Waals surface area contributed by atoms with E-state index in [1.165, 1.54) is 6.07 Å². The van der Waals surface area contributed by atoms with Gasteiger partial charge in [-0.3, -0.25) is 33.8 Å². The Balaban J connectivity index is 1.28. The smallest absolute Gasteiger partial charge is 0.407 e. The molecule has 6 N–H and O–H groups in total. The average Bonchev–Trinajstić information content (AvgIpc) is 4.00. The standard InChI is InChI=1S/C32H37N7O9/c40-25(34-20-10-11-20)16-38-23-7-1-2-8-24(23)39(17-26(41)35-21-12-13-21)30(45)28(29(38)44)37-31(46)36-22-6-3-5-19(15-22)18-48-32(47)33-14-4-9-27(42)43/h1-3,5-8,15,20-21,28H,4,9-14,16-18H2,(H,33,47)(H,34,40)(H,35,41)(H,42,43)(H2,36,37,46). The summed E-state index contributed by atoms with van der Waals surface area (Å²) in [5.41, 5.74) is 1.24. The van der Waals surface area contributed by atoms with Gasteiger partial charge in [0.05, 0.1) is 11.4 Å². The molecule has 254 valence electrons. The zero-order chi connectivity index (χ0) is 34.2. The van der Waals surface area contributed by atoms with Crippen molar-refractivity contribution in [2.45, 2.75) is 63.3 Å². The Hall–Kier alpha value is -5.67. The molecule has 2 aliphatic carbocycles. The molecule has 0 radical (unpaired) electrons. The third kappa shape index (κ3) is 9.43. The van der Waals surface area contributed by atoms with Crippen molar-refractivity contribution in [3.05, 3.63) is 54.1 Å². The van der Waals surface area contributed by atoms with E-state index in [1.807, 2.05) is 0 Å². The van der Waals surface area contributed by atoms with Crippen LogP contribution in [0, 0.1) is 0 Å². The number of aliphatic carboxylic acids is 1. The van der Waals surface area contributed by atoms with Crippen molar-refractivity contribution in [3.63, 3.8) is 0 Å². The van der Waals surface area contributed by atoms with Gasteiger partial charge >= 0.3 is 18.1 Å². The van der Waals surface area contributed by atoms with Gasteiger partial charge in [0.15, 0.2) is 6.04 Å². The first-order valence-corrected chi connectivity index (χ1v) is 15.7. The number of carbonyl (C=O) groups excluding carboxylic acids is 6. The van der Waals surface area contributed by atoms with Crippen LogP contribution < -0.4 is 36.4 Å². The fraction of sp³-hybridized carbons (Fsp3) is 0.406. The number of hydrogen-bond donors (Lipinski definition) is 6. The Morgan fingerprint density at radius 2 is 1.38 bits per heavy atom. The average molecular weight is 664 g/mol. The summed E-state index contributed by atoms with van der Waals surface area (Å²) in [4.78, 5) is 91.7. The Bertz CT molecular complexity index is 1520. The number of rotatable bonds is 14. The Labute approximate surface area is 275 Å². The van der Waals surface area contributed by atoms with Gasteiger partial charge in [-0.2, -0.15) is 0 Å². The quantitative estimate of drug-likeness (QED) is 0.126. The van der Waals surface area contributed by atoms with Gasteiger partial charge in [-0.05, 0) is 61.9 Å². The summed E-state index contributed by atoms with van der Waals surface area (Å²) < 4.78 is 5.14. The summed E-state index contributed by atoms with van der Waals surface area (Å²) in [6, 6.07) is 10.1. The largest absolute Gasteiger partial charge is 0.481 e. The predicted octanol–water partition coefficient (Wildman–Crippen LogP) is 1.20. The van der Waals surface area contributed by atoms with Crippen molar-refractivity contribution in [2.24, 2.45) is 0 Å². The minimum Gasteiger partial charge on any atom is -0.481 e. The van der Waals surface area contributed by atoms with Gasteiger partial charge in [-0.25, -0.2) is 9.59 Å². The van der Waals surface area contributed by atoms with Crippen molar-refractivity contribution in [1.29, 1.82) is 0 Å². The van der Waals surface area contributed by atoms with Crippen LogP contribution in [0.1, 0.15) is 44.1 Å². The van der Waals surface area contributed by atoms with Crippen LogP contribution in [0.5, 0.6) is 0 Å². The molecule has 0 saturated heterocycles. The van der Waals surface area contributed by atoms with E-state index in [0.29, 0.717) is 5.56 Å². The van der Waals surface area contributed by atoms with Gasteiger partial charge in [0.25, 0.3) is 11.8 Å². The maximum absolute atomic E-state index is 14.0. The number of amides is 7. The van der Waals surface area contributed by atoms with Crippen molar-refractivity contribution in [2.75, 3.05) is 34.8 Å². The van der Waals surface area contributed by atoms with Crippen LogP contribution in [-0.4, -0.2) is 84.6 Å². The summed E-state index contributed by atoms with van der Waals surface area (Å²) in [5.74, 6) is -3.53. The predicted molar refractivity (Wildman–Crippen MR) is 171 cm³/mol. The highest BCUT2D eigenvalue weighted by molar-refractivity contribution is 6.23. The first-order valence-electron chi connectivity index (χ1n) is 15.7. The third-order valence-electron chi connectivity index (χ3n) is 7.64. The SMILES string of the molecule is O=C(O)CCCNC(=O)OCc1cccc(NC(=O)NC2C(=O)N(CC(=O)NC3CC3)c3ccccc3N(CC(=O)NC3CC3)C2=O)c1. The number of nitrogens with one attached hydrogen (secondary N) is 5. The lowest BCUT2D eigenvalue weighted by molar-refractivity contribution is -0.137. The number of fused-ring (bicyclic) bond motifs is 1. The van der Waals surface area contributed by atoms with Crippen molar-refractivity contribution in [3.8, 4) is 0 Å². The monoisotopic (exact) mass is 663 g/mol. The van der Waals surface area contributed by atoms with E-state index in [9.17, 15) is 33.6 Å². The van der Waals surface area contributed by atoms with Crippen LogP contribution in [0.2, 0.25) is 0 Å². The molecule has 5 rings (SSSR count). The minimum atomic E-state index is -1.78. The maximum Gasteiger partial charge on any atom is 0.407 e. The number of carbonyl (C=O) groups is 7. The number of ether oxygens (including phenoxy) is 1. The number of alkyl carbamates (subject to hydrolysis) is 1. The molecule has 1 heterocycles. The third-order valence-corrected chi connectivity index (χ3v) is 7.64. The van der Waals surface area contributed by atoms with E-state index in [1.54, 1.807) is 42.5 Å². The molecule has 0 atom stereocenters. The first-order chi connectivity index (χ1) is 23.1. The van der Waals surface area contributed by atoms with Crippen LogP contribution in [0.4, 0.5) is 26.7 Å². The lowest BCUT2D eigenvalue weighted by Gasteiger charge is -2.24. The molecule has 0 spiro atoms. The number of para-hydroxylation sites is 2. The zero-order valence-electron chi connectivity index (χ0n) is 26.0. The van der Waals surface area contributed by atoms with E-state index in [-0.39, 0.29) is 55.1 Å². The Morgan fingerprint density at radius 1 is 0.792 bits per heavy atom. The molecule has 0 bridgehead atoms. The second-order valence-electron chi connectivity index (χ2n) is 11.8. The number of urea groups is 1. The van der Waals surface area contributed by atoms with E-state index in [2.05, 4.69) is 26.6 Å². The van der Waals surface area contributed by atoms with E-state index < -0.39 is 60.9 Å². The van der Waals surface area contributed by atoms with Gasteiger partial charge in [0.1, 0.15) is 19.7 Å². The summed E-state index contributed by atoms with van der Waals surface area (Å²) in [7, 11) is 0. The van der Waals surface area contributed by atoms with Crippen molar-refractivity contribution >= 4 is 58.8 Å². The number of benzene rings is 2. The molecule has 2 aromatic rings. The van der Waals surface area contributed by atoms with E-state index >= 15 is 0 Å². The minimum absolute atomic E-state index is 0.0261. The number of carboxylic acids is 1. The van der Waals surface area contributed by atoms with Crippen LogP contribution >= 0.6 is 0 Å². The highest BCUT2D eigenvalue weighted by atomic mass is 16.5. The molecule has 7 amide bonds.